The quantitative estimate of drug-likeness (QED) is 0.929. The first-order valence-corrected chi connectivity index (χ1v) is 7.42. The van der Waals surface area contributed by atoms with Crippen LogP contribution >= 0.6 is 11.8 Å². The third kappa shape index (κ3) is 2.98. The number of fused-ring (bicyclic) bond motifs is 1. The second kappa shape index (κ2) is 5.93. The monoisotopic (exact) mass is 275 g/mol. The number of thioether (sulfide) groups is 1. The molecule has 0 aliphatic heterocycles. The highest BCUT2D eigenvalue weighted by Gasteiger charge is 2.14. The Bertz CT molecular complexity index is 600. The molecule has 2 aromatic rings. The summed E-state index contributed by atoms with van der Waals surface area (Å²) in [7, 11) is 1.78. The topological polar surface area (TPSA) is 59.2 Å². The summed E-state index contributed by atoms with van der Waals surface area (Å²) in [5, 5.41) is 0.880. The smallest absolute Gasteiger partial charge is 0.272 e. The van der Waals surface area contributed by atoms with E-state index in [2.05, 4.69) is 4.98 Å². The van der Waals surface area contributed by atoms with Crippen molar-refractivity contribution in [3.63, 3.8) is 0 Å². The molecule has 2 rings (SSSR count). The SMILES string of the molecule is CSCCN(C)C(=O)c1cc(N)c2ccccc2n1. The number of carbonyl (C=O) groups is 1. The molecule has 19 heavy (non-hydrogen) atoms. The average Bonchev–Trinajstić information content (AvgIpc) is 2.43. The van der Waals surface area contributed by atoms with Gasteiger partial charge >= 0.3 is 0 Å². The first-order chi connectivity index (χ1) is 9.13. The maximum Gasteiger partial charge on any atom is 0.272 e. The molecule has 0 saturated carbocycles. The van der Waals surface area contributed by atoms with Crippen molar-refractivity contribution in [2.45, 2.75) is 0 Å². The fourth-order valence-corrected chi connectivity index (χ4v) is 2.29. The number of anilines is 1. The predicted octanol–water partition coefficient (Wildman–Crippen LogP) is 2.25. The number of pyridine rings is 1. The van der Waals surface area contributed by atoms with Gasteiger partial charge in [-0.25, -0.2) is 4.98 Å². The van der Waals surface area contributed by atoms with E-state index in [1.807, 2.05) is 30.5 Å². The van der Waals surface area contributed by atoms with Gasteiger partial charge in [-0.1, -0.05) is 18.2 Å². The second-order valence-corrected chi connectivity index (χ2v) is 5.32. The number of carbonyl (C=O) groups excluding carboxylic acids is 1. The highest BCUT2D eigenvalue weighted by atomic mass is 32.2. The number of amides is 1. The number of nitrogens with two attached hydrogens (primary N) is 1. The maximum atomic E-state index is 12.2. The zero-order valence-electron chi connectivity index (χ0n) is 11.1. The van der Waals surface area contributed by atoms with Crippen molar-refractivity contribution in [1.29, 1.82) is 0 Å². The molecule has 1 amide bonds. The van der Waals surface area contributed by atoms with Gasteiger partial charge in [0.2, 0.25) is 0 Å². The first kappa shape index (κ1) is 13.7. The van der Waals surface area contributed by atoms with Crippen LogP contribution in [0.1, 0.15) is 10.5 Å². The number of hydrogen-bond donors (Lipinski definition) is 1. The number of nitrogen functional groups attached to an aromatic ring is 1. The number of para-hydroxylation sites is 1. The molecule has 1 aromatic carbocycles. The van der Waals surface area contributed by atoms with E-state index in [0.717, 1.165) is 16.7 Å². The minimum Gasteiger partial charge on any atom is -0.398 e. The summed E-state index contributed by atoms with van der Waals surface area (Å²) in [5.41, 5.74) is 7.73. The van der Waals surface area contributed by atoms with Crippen LogP contribution in [0.4, 0.5) is 5.69 Å². The summed E-state index contributed by atoms with van der Waals surface area (Å²) in [5.74, 6) is 0.817. The number of rotatable bonds is 4. The van der Waals surface area contributed by atoms with Crippen LogP contribution in [-0.2, 0) is 0 Å². The van der Waals surface area contributed by atoms with E-state index >= 15 is 0 Å². The number of benzene rings is 1. The highest BCUT2D eigenvalue weighted by molar-refractivity contribution is 7.98. The van der Waals surface area contributed by atoms with Crippen LogP contribution in [0.3, 0.4) is 0 Å². The molecule has 0 unspecified atom stereocenters. The normalized spacial score (nSPS) is 10.6. The lowest BCUT2D eigenvalue weighted by Gasteiger charge is -2.16. The summed E-state index contributed by atoms with van der Waals surface area (Å²) < 4.78 is 0. The van der Waals surface area contributed by atoms with Crippen LogP contribution in [0.25, 0.3) is 10.9 Å². The van der Waals surface area contributed by atoms with Crippen LogP contribution in [0.5, 0.6) is 0 Å². The van der Waals surface area contributed by atoms with Gasteiger partial charge in [-0.3, -0.25) is 4.79 Å². The van der Waals surface area contributed by atoms with Crippen molar-refractivity contribution in [1.82, 2.24) is 9.88 Å². The van der Waals surface area contributed by atoms with E-state index in [4.69, 9.17) is 5.73 Å². The van der Waals surface area contributed by atoms with Crippen molar-refractivity contribution in [3.8, 4) is 0 Å². The number of hydrogen-bond acceptors (Lipinski definition) is 4. The lowest BCUT2D eigenvalue weighted by atomic mass is 10.1. The third-order valence-electron chi connectivity index (χ3n) is 2.94. The molecule has 5 heteroatoms. The Labute approximate surface area is 117 Å². The third-order valence-corrected chi connectivity index (χ3v) is 3.54. The van der Waals surface area contributed by atoms with Gasteiger partial charge in [0.25, 0.3) is 5.91 Å². The molecule has 0 aliphatic carbocycles. The molecule has 4 nitrogen and oxygen atoms in total. The first-order valence-electron chi connectivity index (χ1n) is 6.03. The minimum absolute atomic E-state index is 0.0912. The summed E-state index contributed by atoms with van der Waals surface area (Å²) in [4.78, 5) is 18.3. The molecule has 0 radical (unpaired) electrons. The Morgan fingerprint density at radius 2 is 2.16 bits per heavy atom. The zero-order chi connectivity index (χ0) is 13.8. The van der Waals surface area contributed by atoms with Gasteiger partial charge in [-0.2, -0.15) is 11.8 Å². The Morgan fingerprint density at radius 3 is 2.89 bits per heavy atom. The number of nitrogens with zero attached hydrogens (tertiary/aromatic N) is 2. The largest absolute Gasteiger partial charge is 0.398 e. The van der Waals surface area contributed by atoms with Crippen LogP contribution in [0.2, 0.25) is 0 Å². The van der Waals surface area contributed by atoms with Crippen LogP contribution < -0.4 is 5.73 Å². The maximum absolute atomic E-state index is 12.2. The van der Waals surface area contributed by atoms with Crippen LogP contribution in [-0.4, -0.2) is 41.4 Å². The van der Waals surface area contributed by atoms with Crippen LogP contribution in [0, 0.1) is 0 Å². The summed E-state index contributed by atoms with van der Waals surface area (Å²) in [6.07, 6.45) is 2.02. The standard InChI is InChI=1S/C14H17N3OS/c1-17(7-8-19-2)14(18)13-9-11(15)10-5-3-4-6-12(10)16-13/h3-6,9H,7-8H2,1-2H3,(H2,15,16). The molecular weight excluding hydrogens is 258 g/mol. The van der Waals surface area contributed by atoms with Crippen molar-refractivity contribution in [2.24, 2.45) is 0 Å². The Hall–Kier alpha value is -1.75. The Kier molecular flexibility index (Phi) is 4.27. The molecule has 0 aliphatic rings. The average molecular weight is 275 g/mol. The van der Waals surface area contributed by atoms with Crippen molar-refractivity contribution in [2.75, 3.05) is 31.3 Å². The van der Waals surface area contributed by atoms with Gasteiger partial charge in [0.1, 0.15) is 5.69 Å². The van der Waals surface area contributed by atoms with Crippen molar-refractivity contribution in [3.05, 3.63) is 36.0 Å². The second-order valence-electron chi connectivity index (χ2n) is 4.33. The van der Waals surface area contributed by atoms with Crippen molar-refractivity contribution < 1.29 is 4.79 Å². The zero-order valence-corrected chi connectivity index (χ0v) is 11.9. The van der Waals surface area contributed by atoms with E-state index in [9.17, 15) is 4.79 Å². The molecule has 100 valence electrons. The lowest BCUT2D eigenvalue weighted by molar-refractivity contribution is 0.0798. The molecule has 2 N–H and O–H groups in total. The Balaban J connectivity index is 2.32. The highest BCUT2D eigenvalue weighted by Crippen LogP contribution is 2.20. The fraction of sp³-hybridized carbons (Fsp3) is 0.286. The van der Waals surface area contributed by atoms with Crippen molar-refractivity contribution >= 4 is 34.3 Å². The fourth-order valence-electron chi connectivity index (χ4n) is 1.84. The van der Waals surface area contributed by atoms with Gasteiger partial charge in [0, 0.05) is 30.4 Å². The molecule has 1 aromatic heterocycles. The predicted molar refractivity (Wildman–Crippen MR) is 81.5 cm³/mol. The van der Waals surface area contributed by atoms with E-state index < -0.39 is 0 Å². The summed E-state index contributed by atoms with van der Waals surface area (Å²) in [6.45, 7) is 0.703. The van der Waals surface area contributed by atoms with E-state index in [-0.39, 0.29) is 5.91 Å². The molecular formula is C14H17N3OS. The molecule has 0 fully saturated rings. The minimum atomic E-state index is -0.0912. The van der Waals surface area contributed by atoms with Gasteiger partial charge in [0.05, 0.1) is 5.52 Å². The lowest BCUT2D eigenvalue weighted by Crippen LogP contribution is -2.29. The van der Waals surface area contributed by atoms with Gasteiger partial charge < -0.3 is 10.6 Å². The van der Waals surface area contributed by atoms with Gasteiger partial charge in [-0.15, -0.1) is 0 Å². The molecule has 0 saturated heterocycles. The molecule has 0 bridgehead atoms. The van der Waals surface area contributed by atoms with E-state index in [0.29, 0.717) is 17.9 Å². The van der Waals surface area contributed by atoms with E-state index in [1.54, 1.807) is 29.8 Å². The summed E-state index contributed by atoms with van der Waals surface area (Å²) >= 11 is 1.71. The molecule has 0 spiro atoms. The van der Waals surface area contributed by atoms with Gasteiger partial charge in [0.15, 0.2) is 0 Å². The Morgan fingerprint density at radius 1 is 1.42 bits per heavy atom. The molecule has 0 atom stereocenters. The van der Waals surface area contributed by atoms with Gasteiger partial charge in [-0.05, 0) is 18.4 Å². The summed E-state index contributed by atoms with van der Waals surface area (Å²) in [6, 6.07) is 9.22. The van der Waals surface area contributed by atoms with E-state index in [1.165, 1.54) is 0 Å². The number of aromatic nitrogens is 1. The van der Waals surface area contributed by atoms with Crippen LogP contribution in [0.15, 0.2) is 30.3 Å². The molecule has 1 heterocycles.